The number of fused-ring (bicyclic) bond motifs is 3. The molecule has 0 aliphatic carbocycles. The molecule has 2 aromatic heterocycles. The van der Waals surface area contributed by atoms with E-state index in [4.69, 9.17) is 0 Å². The fraction of sp³-hybridized carbons (Fsp3) is 0.231. The number of nitrogens with zero attached hydrogens (tertiary/aromatic N) is 1. The van der Waals surface area contributed by atoms with Gasteiger partial charge in [-0.25, -0.2) is 0 Å². The van der Waals surface area contributed by atoms with Crippen LogP contribution in [0, 0.1) is 0 Å². The van der Waals surface area contributed by atoms with Gasteiger partial charge in [-0.3, -0.25) is 0 Å². The molecule has 0 amide bonds. The molecule has 0 aliphatic heterocycles. The van der Waals surface area contributed by atoms with Crippen LogP contribution in [0.2, 0.25) is 0 Å². The zero-order valence-corrected chi connectivity index (χ0v) is 9.71. The van der Waals surface area contributed by atoms with Crippen molar-refractivity contribution >= 4 is 32.5 Å². The molecule has 3 rings (SSSR count). The smallest absolute Gasteiger partial charge is 0.104 e. The number of hydrogen-bond acceptors (Lipinski definition) is 1. The Kier molecular flexibility index (Phi) is 1.86. The van der Waals surface area contributed by atoms with Gasteiger partial charge >= 0.3 is 0 Å². The Morgan fingerprint density at radius 1 is 1.07 bits per heavy atom. The highest BCUT2D eigenvalue weighted by Crippen LogP contribution is 2.34. The summed E-state index contributed by atoms with van der Waals surface area (Å²) in [4.78, 5) is 1.39. The maximum absolute atomic E-state index is 2.43. The molecular formula is C13H13NS. The molecule has 0 bridgehead atoms. The Hall–Kier alpha value is -1.28. The molecule has 0 fully saturated rings. The van der Waals surface area contributed by atoms with Crippen LogP contribution in [0.4, 0.5) is 0 Å². The van der Waals surface area contributed by atoms with Crippen molar-refractivity contribution in [1.82, 2.24) is 4.57 Å². The Morgan fingerprint density at radius 2 is 1.87 bits per heavy atom. The van der Waals surface area contributed by atoms with Crippen molar-refractivity contribution in [2.24, 2.45) is 0 Å². The molecule has 0 saturated heterocycles. The van der Waals surface area contributed by atoms with Crippen molar-refractivity contribution in [3.63, 3.8) is 0 Å². The van der Waals surface area contributed by atoms with E-state index in [9.17, 15) is 0 Å². The largest absolute Gasteiger partial charge is 0.330 e. The Balaban J connectivity index is 2.58. The first-order chi connectivity index (χ1) is 7.29. The maximum atomic E-state index is 2.43. The molecule has 0 radical (unpaired) electrons. The number of benzene rings is 1. The number of aromatic nitrogens is 1. The minimum atomic E-state index is 0.519. The summed E-state index contributed by atoms with van der Waals surface area (Å²) in [6.45, 7) is 4.48. The molecule has 2 heterocycles. The minimum Gasteiger partial charge on any atom is -0.330 e. The van der Waals surface area contributed by atoms with Crippen LogP contribution in [-0.4, -0.2) is 4.57 Å². The van der Waals surface area contributed by atoms with E-state index in [-0.39, 0.29) is 0 Å². The highest BCUT2D eigenvalue weighted by molar-refractivity contribution is 7.17. The molecule has 3 aromatic rings. The zero-order valence-electron chi connectivity index (χ0n) is 8.90. The molecule has 1 nitrogen and oxygen atoms in total. The summed E-state index contributed by atoms with van der Waals surface area (Å²) in [6, 6.07) is 11.4. The van der Waals surface area contributed by atoms with Crippen LogP contribution in [0.3, 0.4) is 0 Å². The van der Waals surface area contributed by atoms with E-state index in [2.05, 4.69) is 54.1 Å². The summed E-state index contributed by atoms with van der Waals surface area (Å²) in [6.07, 6.45) is 0. The van der Waals surface area contributed by atoms with E-state index >= 15 is 0 Å². The lowest BCUT2D eigenvalue weighted by Gasteiger charge is -2.09. The van der Waals surface area contributed by atoms with Crippen LogP contribution in [0.5, 0.6) is 0 Å². The highest BCUT2D eigenvalue weighted by atomic mass is 32.1. The van der Waals surface area contributed by atoms with Gasteiger partial charge in [0, 0.05) is 22.3 Å². The first kappa shape index (κ1) is 8.98. The van der Waals surface area contributed by atoms with E-state index in [1.54, 1.807) is 0 Å². The molecule has 1 aromatic carbocycles. The van der Waals surface area contributed by atoms with Gasteiger partial charge in [0.15, 0.2) is 0 Å². The van der Waals surface area contributed by atoms with Crippen molar-refractivity contribution in [1.29, 1.82) is 0 Å². The van der Waals surface area contributed by atoms with E-state index in [0.717, 1.165) is 0 Å². The van der Waals surface area contributed by atoms with Crippen molar-refractivity contribution in [3.8, 4) is 0 Å². The summed E-state index contributed by atoms with van der Waals surface area (Å²) in [5.74, 6) is 0. The lowest BCUT2D eigenvalue weighted by atomic mass is 10.2. The second-order valence-corrected chi connectivity index (χ2v) is 5.01. The maximum Gasteiger partial charge on any atom is 0.104 e. The summed E-state index contributed by atoms with van der Waals surface area (Å²) in [5, 5.41) is 4.95. The van der Waals surface area contributed by atoms with E-state index < -0.39 is 0 Å². The lowest BCUT2D eigenvalue weighted by Crippen LogP contribution is -1.98. The predicted molar refractivity (Wildman–Crippen MR) is 67.7 cm³/mol. The van der Waals surface area contributed by atoms with Crippen LogP contribution in [0.1, 0.15) is 19.9 Å². The van der Waals surface area contributed by atoms with Gasteiger partial charge in [0.25, 0.3) is 0 Å². The second-order valence-electron chi connectivity index (χ2n) is 4.12. The molecule has 2 heteroatoms. The molecule has 0 aliphatic rings. The highest BCUT2D eigenvalue weighted by Gasteiger charge is 2.12. The fourth-order valence-corrected chi connectivity index (χ4v) is 3.29. The van der Waals surface area contributed by atoms with Crippen molar-refractivity contribution < 1.29 is 0 Å². The monoisotopic (exact) mass is 215 g/mol. The van der Waals surface area contributed by atoms with Crippen LogP contribution < -0.4 is 0 Å². The van der Waals surface area contributed by atoms with Crippen LogP contribution in [-0.2, 0) is 0 Å². The summed E-state index contributed by atoms with van der Waals surface area (Å²) < 4.78 is 2.43. The molecule has 0 N–H and O–H groups in total. The van der Waals surface area contributed by atoms with E-state index in [1.165, 1.54) is 21.1 Å². The van der Waals surface area contributed by atoms with Gasteiger partial charge < -0.3 is 4.57 Å². The topological polar surface area (TPSA) is 4.93 Å². The molecular weight excluding hydrogens is 202 g/mol. The molecule has 76 valence electrons. The summed E-state index contributed by atoms with van der Waals surface area (Å²) in [7, 11) is 0. The van der Waals surface area contributed by atoms with Gasteiger partial charge in [-0.1, -0.05) is 18.2 Å². The summed E-state index contributed by atoms with van der Waals surface area (Å²) in [5.41, 5.74) is 1.36. The fourth-order valence-electron chi connectivity index (χ4n) is 2.23. The van der Waals surface area contributed by atoms with Gasteiger partial charge in [0.2, 0.25) is 0 Å². The van der Waals surface area contributed by atoms with Crippen LogP contribution in [0.15, 0.2) is 35.7 Å². The average molecular weight is 215 g/mol. The average Bonchev–Trinajstić information content (AvgIpc) is 2.75. The van der Waals surface area contributed by atoms with Gasteiger partial charge in [-0.15, -0.1) is 11.3 Å². The molecule has 15 heavy (non-hydrogen) atoms. The molecule has 0 atom stereocenters. The van der Waals surface area contributed by atoms with E-state index in [1.807, 2.05) is 11.3 Å². The van der Waals surface area contributed by atoms with E-state index in [0.29, 0.717) is 6.04 Å². The number of para-hydroxylation sites is 1. The zero-order chi connectivity index (χ0) is 10.4. The molecule has 0 unspecified atom stereocenters. The summed E-state index contributed by atoms with van der Waals surface area (Å²) >= 11 is 1.83. The lowest BCUT2D eigenvalue weighted by molar-refractivity contribution is 0.645. The van der Waals surface area contributed by atoms with Crippen molar-refractivity contribution in [2.45, 2.75) is 19.9 Å². The standard InChI is InChI=1S/C13H13NS/c1-9(2)14-12-6-4-3-5-10(12)11-7-8-15-13(11)14/h3-9H,1-2H3. The third-order valence-corrected chi connectivity index (χ3v) is 3.75. The van der Waals surface area contributed by atoms with Crippen molar-refractivity contribution in [3.05, 3.63) is 35.7 Å². The number of hydrogen-bond donors (Lipinski definition) is 0. The number of thiophene rings is 1. The van der Waals surface area contributed by atoms with Gasteiger partial charge in [-0.2, -0.15) is 0 Å². The third-order valence-electron chi connectivity index (χ3n) is 2.83. The Morgan fingerprint density at radius 3 is 2.67 bits per heavy atom. The first-order valence-electron chi connectivity index (χ1n) is 5.25. The van der Waals surface area contributed by atoms with Crippen LogP contribution in [0.25, 0.3) is 21.1 Å². The third kappa shape index (κ3) is 1.15. The van der Waals surface area contributed by atoms with Gasteiger partial charge in [0.1, 0.15) is 4.83 Å². The van der Waals surface area contributed by atoms with Gasteiger partial charge in [0.05, 0.1) is 0 Å². The Bertz CT molecular complexity index is 616. The number of rotatable bonds is 1. The SMILES string of the molecule is CC(C)n1c2ccccc2c2ccsc21. The normalized spacial score (nSPS) is 11.9. The molecule has 0 saturated carbocycles. The predicted octanol–water partition coefficient (Wildman–Crippen LogP) is 4.44. The Labute approximate surface area is 92.9 Å². The second kappa shape index (κ2) is 3.11. The van der Waals surface area contributed by atoms with Crippen molar-refractivity contribution in [2.75, 3.05) is 0 Å². The minimum absolute atomic E-state index is 0.519. The molecule has 0 spiro atoms. The van der Waals surface area contributed by atoms with Crippen LogP contribution >= 0.6 is 11.3 Å². The quantitative estimate of drug-likeness (QED) is 0.565. The van der Waals surface area contributed by atoms with Gasteiger partial charge in [-0.05, 0) is 31.4 Å². The first-order valence-corrected chi connectivity index (χ1v) is 6.13.